The molecule has 0 heteroatoms. The first-order valence-electron chi connectivity index (χ1n) is 5.10. The zero-order valence-corrected chi connectivity index (χ0v) is 8.15. The molecule has 1 aliphatic carbocycles. The van der Waals surface area contributed by atoms with Gasteiger partial charge in [0, 0.05) is 0 Å². The van der Waals surface area contributed by atoms with Crippen LogP contribution in [0.3, 0.4) is 0 Å². The Hall–Kier alpha value is -1.04. The van der Waals surface area contributed by atoms with Crippen molar-refractivity contribution < 1.29 is 0 Å². The number of hydrogen-bond acceptors (Lipinski definition) is 0. The predicted octanol–water partition coefficient (Wildman–Crippen LogP) is 4.18. The molecule has 0 heterocycles. The quantitative estimate of drug-likeness (QED) is 0.483. The van der Waals surface area contributed by atoms with E-state index in [-0.39, 0.29) is 0 Å². The minimum absolute atomic E-state index is 1.07. The molecule has 1 rings (SSSR count). The maximum atomic E-state index is 2.26. The Balaban J connectivity index is 2.38. The van der Waals surface area contributed by atoms with E-state index < -0.39 is 0 Å². The Morgan fingerprint density at radius 1 is 0.385 bits per heavy atom. The van der Waals surface area contributed by atoms with E-state index in [1.54, 1.807) is 0 Å². The molecule has 13 heavy (non-hydrogen) atoms. The van der Waals surface area contributed by atoms with Gasteiger partial charge in [0.15, 0.2) is 0 Å². The maximum Gasteiger partial charge on any atom is -0.0169 e. The van der Waals surface area contributed by atoms with Gasteiger partial charge < -0.3 is 0 Å². The summed E-state index contributed by atoms with van der Waals surface area (Å²) < 4.78 is 0. The van der Waals surface area contributed by atoms with Crippen LogP contribution in [0.2, 0.25) is 0 Å². The van der Waals surface area contributed by atoms with Crippen LogP contribution in [0.1, 0.15) is 32.1 Å². The lowest BCUT2D eigenvalue weighted by Gasteiger charge is -1.85. The van der Waals surface area contributed by atoms with Crippen LogP contribution in [0.25, 0.3) is 0 Å². The van der Waals surface area contributed by atoms with Crippen molar-refractivity contribution >= 4 is 0 Å². The summed E-state index contributed by atoms with van der Waals surface area (Å²) in [6.45, 7) is 0. The van der Waals surface area contributed by atoms with E-state index in [1.165, 1.54) is 12.8 Å². The standard InChI is InChI=1S/C13H18/c1-2-4-6-8-10-12-13-11-9-7-5-3-1/h1-2,5-8,11,13H,3-4,9-10,12H2/b2-1+,7-5?,8-6+,13-11+. The van der Waals surface area contributed by atoms with E-state index in [0.29, 0.717) is 0 Å². The van der Waals surface area contributed by atoms with Crippen LogP contribution >= 0.6 is 0 Å². The SMILES string of the molecule is C1=CC/C=C/CC/C=C/C/C=C/C1. The molecule has 0 spiro atoms. The summed E-state index contributed by atoms with van der Waals surface area (Å²) in [5.74, 6) is 0. The Morgan fingerprint density at radius 2 is 0.692 bits per heavy atom. The molecular weight excluding hydrogens is 156 g/mol. The van der Waals surface area contributed by atoms with Gasteiger partial charge in [-0.15, -0.1) is 0 Å². The topological polar surface area (TPSA) is 0 Å². The molecule has 0 aromatic heterocycles. The van der Waals surface area contributed by atoms with Gasteiger partial charge in [-0.1, -0.05) is 48.6 Å². The Labute approximate surface area is 81.4 Å². The van der Waals surface area contributed by atoms with Gasteiger partial charge in [-0.3, -0.25) is 0 Å². The zero-order valence-electron chi connectivity index (χ0n) is 8.15. The molecule has 0 aromatic carbocycles. The van der Waals surface area contributed by atoms with Crippen molar-refractivity contribution in [2.75, 3.05) is 0 Å². The molecule has 70 valence electrons. The minimum Gasteiger partial charge on any atom is -0.0879 e. The van der Waals surface area contributed by atoms with Crippen LogP contribution in [-0.2, 0) is 0 Å². The lowest BCUT2D eigenvalue weighted by atomic mass is 10.2. The Kier molecular flexibility index (Phi) is 5.87. The number of hydrogen-bond donors (Lipinski definition) is 0. The van der Waals surface area contributed by atoms with Crippen LogP contribution in [0.4, 0.5) is 0 Å². The van der Waals surface area contributed by atoms with Crippen LogP contribution in [0, 0.1) is 0 Å². The summed E-state index contributed by atoms with van der Waals surface area (Å²) in [5, 5.41) is 0. The first kappa shape index (κ1) is 10.0. The highest BCUT2D eigenvalue weighted by Gasteiger charge is 1.78. The van der Waals surface area contributed by atoms with Crippen LogP contribution in [-0.4, -0.2) is 0 Å². The summed E-state index contributed by atoms with van der Waals surface area (Å²) >= 11 is 0. The molecular formula is C13H18. The van der Waals surface area contributed by atoms with Crippen molar-refractivity contribution in [2.45, 2.75) is 32.1 Å². The van der Waals surface area contributed by atoms with Gasteiger partial charge >= 0.3 is 0 Å². The van der Waals surface area contributed by atoms with Gasteiger partial charge in [-0.05, 0) is 32.1 Å². The molecule has 0 bridgehead atoms. The Bertz CT molecular complexity index is 192. The third-order valence-corrected chi connectivity index (χ3v) is 1.98. The number of rotatable bonds is 0. The normalized spacial score (nSPS) is 26.5. The fraction of sp³-hybridized carbons (Fsp3) is 0.385. The molecule has 0 radical (unpaired) electrons. The van der Waals surface area contributed by atoms with Gasteiger partial charge in [-0.2, -0.15) is 0 Å². The van der Waals surface area contributed by atoms with Crippen LogP contribution in [0.5, 0.6) is 0 Å². The van der Waals surface area contributed by atoms with Gasteiger partial charge in [0.1, 0.15) is 0 Å². The number of allylic oxidation sites excluding steroid dienone is 8. The average Bonchev–Trinajstić information content (AvgIpc) is 2.18. The summed E-state index contributed by atoms with van der Waals surface area (Å²) in [4.78, 5) is 0. The zero-order chi connectivity index (χ0) is 9.19. The first-order chi connectivity index (χ1) is 6.50. The van der Waals surface area contributed by atoms with E-state index >= 15 is 0 Å². The van der Waals surface area contributed by atoms with Crippen molar-refractivity contribution in [1.29, 1.82) is 0 Å². The lowest BCUT2D eigenvalue weighted by Crippen LogP contribution is -1.65. The second-order valence-corrected chi connectivity index (χ2v) is 3.17. The molecule has 0 N–H and O–H groups in total. The minimum atomic E-state index is 1.07. The van der Waals surface area contributed by atoms with E-state index in [0.717, 1.165) is 19.3 Å². The van der Waals surface area contributed by atoms with Gasteiger partial charge in [0.25, 0.3) is 0 Å². The molecule has 0 fully saturated rings. The summed E-state index contributed by atoms with van der Waals surface area (Å²) in [7, 11) is 0. The maximum absolute atomic E-state index is 2.26. The van der Waals surface area contributed by atoms with Crippen molar-refractivity contribution in [1.82, 2.24) is 0 Å². The average molecular weight is 174 g/mol. The van der Waals surface area contributed by atoms with Crippen molar-refractivity contribution in [2.24, 2.45) is 0 Å². The van der Waals surface area contributed by atoms with Crippen molar-refractivity contribution in [3.8, 4) is 0 Å². The van der Waals surface area contributed by atoms with E-state index in [9.17, 15) is 0 Å². The highest BCUT2D eigenvalue weighted by Crippen LogP contribution is 1.99. The highest BCUT2D eigenvalue weighted by atomic mass is 13.9. The van der Waals surface area contributed by atoms with E-state index in [4.69, 9.17) is 0 Å². The molecule has 0 aliphatic heterocycles. The van der Waals surface area contributed by atoms with Crippen LogP contribution < -0.4 is 0 Å². The second kappa shape index (κ2) is 7.60. The lowest BCUT2D eigenvalue weighted by molar-refractivity contribution is 1.04. The Morgan fingerprint density at radius 3 is 1.08 bits per heavy atom. The molecule has 0 atom stereocenters. The predicted molar refractivity (Wildman–Crippen MR) is 59.6 cm³/mol. The molecule has 0 saturated carbocycles. The van der Waals surface area contributed by atoms with Crippen LogP contribution in [0.15, 0.2) is 48.6 Å². The fourth-order valence-corrected chi connectivity index (χ4v) is 1.24. The monoisotopic (exact) mass is 174 g/mol. The highest BCUT2D eigenvalue weighted by molar-refractivity contribution is 5.00. The van der Waals surface area contributed by atoms with E-state index in [2.05, 4.69) is 48.6 Å². The van der Waals surface area contributed by atoms with Crippen molar-refractivity contribution in [3.05, 3.63) is 48.6 Å². The van der Waals surface area contributed by atoms with E-state index in [1.807, 2.05) is 0 Å². The molecule has 0 amide bonds. The summed E-state index contributed by atoms with van der Waals surface area (Å²) in [6, 6.07) is 0. The van der Waals surface area contributed by atoms with Gasteiger partial charge in [-0.25, -0.2) is 0 Å². The molecule has 1 aliphatic rings. The summed E-state index contributed by atoms with van der Waals surface area (Å²) in [5.41, 5.74) is 0. The largest absolute Gasteiger partial charge is 0.0879 e. The smallest absolute Gasteiger partial charge is 0.0169 e. The molecule has 0 unspecified atom stereocenters. The summed E-state index contributed by atoms with van der Waals surface area (Å²) in [6.07, 6.45) is 23.5. The third kappa shape index (κ3) is 6.15. The van der Waals surface area contributed by atoms with Crippen molar-refractivity contribution in [3.63, 3.8) is 0 Å². The van der Waals surface area contributed by atoms with Gasteiger partial charge in [0.2, 0.25) is 0 Å². The first-order valence-corrected chi connectivity index (χ1v) is 5.10. The second-order valence-electron chi connectivity index (χ2n) is 3.17. The fourth-order valence-electron chi connectivity index (χ4n) is 1.24. The third-order valence-electron chi connectivity index (χ3n) is 1.98. The molecule has 0 saturated heterocycles. The molecule has 0 nitrogen and oxygen atoms in total. The van der Waals surface area contributed by atoms with Gasteiger partial charge in [0.05, 0.1) is 0 Å². The molecule has 0 aromatic rings.